The highest BCUT2D eigenvalue weighted by molar-refractivity contribution is 5.96. The first-order valence-corrected chi connectivity index (χ1v) is 13.1. The summed E-state index contributed by atoms with van der Waals surface area (Å²) in [6.45, 7) is 2.22. The van der Waals surface area contributed by atoms with Gasteiger partial charge in [0.25, 0.3) is 5.92 Å². The topological polar surface area (TPSA) is 115 Å². The molecule has 0 radical (unpaired) electrons. The van der Waals surface area contributed by atoms with E-state index in [1.807, 2.05) is 0 Å². The fourth-order valence-corrected chi connectivity index (χ4v) is 5.55. The number of aromatic amines is 1. The smallest absolute Gasteiger partial charge is 0.390 e. The maximum atomic E-state index is 14.1. The van der Waals surface area contributed by atoms with Crippen LogP contribution in [-0.4, -0.2) is 83.9 Å². The number of H-pyrrole nitrogens is 1. The van der Waals surface area contributed by atoms with E-state index < -0.39 is 42.4 Å². The molecule has 3 N–H and O–H groups in total. The van der Waals surface area contributed by atoms with Gasteiger partial charge < -0.3 is 20.2 Å². The van der Waals surface area contributed by atoms with E-state index in [4.69, 9.17) is 0 Å². The molecule has 3 aromatic heterocycles. The van der Waals surface area contributed by atoms with E-state index in [9.17, 15) is 31.9 Å². The Kier molecular flexibility index (Phi) is 5.85. The van der Waals surface area contributed by atoms with Crippen LogP contribution in [-0.2, 0) is 6.54 Å². The predicted molar refractivity (Wildman–Crippen MR) is 135 cm³/mol. The SMILES string of the molecule is CC(C)(O)C1CN(c2nn(CC(F)(F)F)c3cc(-c4[nH]ncc4NC(=O)N4CC(F)(F)CCC45CC5)ncc23)C1. The average Bonchev–Trinajstić information content (AvgIpc) is 3.31. The molecule has 1 spiro atoms. The van der Waals surface area contributed by atoms with Gasteiger partial charge in [-0.05, 0) is 39.2 Å². The second kappa shape index (κ2) is 8.75. The van der Waals surface area contributed by atoms with Gasteiger partial charge in [0.1, 0.15) is 12.2 Å². The summed E-state index contributed by atoms with van der Waals surface area (Å²) in [4.78, 5) is 20.5. The van der Waals surface area contributed by atoms with Crippen LogP contribution in [0.15, 0.2) is 18.5 Å². The highest BCUT2D eigenvalue weighted by Gasteiger charge is 2.57. The summed E-state index contributed by atoms with van der Waals surface area (Å²) in [5.41, 5.74) is -0.747. The number of carbonyl (C=O) groups excluding carboxylic acids is 1. The Morgan fingerprint density at radius 1 is 1.18 bits per heavy atom. The normalized spacial score (nSPS) is 20.7. The Bertz CT molecular complexity index is 1450. The van der Waals surface area contributed by atoms with Crippen LogP contribution in [0.3, 0.4) is 0 Å². The summed E-state index contributed by atoms with van der Waals surface area (Å²) in [6.07, 6.45) is -0.543. The number of nitrogens with zero attached hydrogens (tertiary/aromatic N) is 6. The van der Waals surface area contributed by atoms with E-state index in [1.165, 1.54) is 23.4 Å². The fourth-order valence-electron chi connectivity index (χ4n) is 5.55. The van der Waals surface area contributed by atoms with E-state index in [-0.39, 0.29) is 41.4 Å². The van der Waals surface area contributed by atoms with Crippen molar-refractivity contribution < 1.29 is 31.9 Å². The van der Waals surface area contributed by atoms with Crippen molar-refractivity contribution in [1.29, 1.82) is 0 Å². The third-order valence-corrected chi connectivity index (χ3v) is 8.25. The number of amides is 2. The summed E-state index contributed by atoms with van der Waals surface area (Å²) in [6, 6.07) is 0.731. The molecule has 10 nitrogen and oxygen atoms in total. The number of aromatic nitrogens is 5. The van der Waals surface area contributed by atoms with Gasteiger partial charge in [0.2, 0.25) is 0 Å². The van der Waals surface area contributed by atoms with Gasteiger partial charge in [-0.25, -0.2) is 13.6 Å². The molecule has 3 aliphatic rings. The summed E-state index contributed by atoms with van der Waals surface area (Å²) >= 11 is 0. The number of piperidine rings is 1. The molecule has 2 amide bonds. The lowest BCUT2D eigenvalue weighted by Crippen LogP contribution is -2.56. The first-order chi connectivity index (χ1) is 18.6. The average molecular weight is 569 g/mol. The second-order valence-corrected chi connectivity index (χ2v) is 11.7. The number of fused-ring (bicyclic) bond motifs is 1. The van der Waals surface area contributed by atoms with E-state index in [1.54, 1.807) is 18.7 Å². The van der Waals surface area contributed by atoms with Crippen LogP contribution in [0.5, 0.6) is 0 Å². The van der Waals surface area contributed by atoms with Gasteiger partial charge >= 0.3 is 12.2 Å². The second-order valence-electron chi connectivity index (χ2n) is 11.7. The van der Waals surface area contributed by atoms with Crippen LogP contribution in [0.2, 0.25) is 0 Å². The third kappa shape index (κ3) is 4.84. The Morgan fingerprint density at radius 3 is 2.52 bits per heavy atom. The molecule has 3 fully saturated rings. The molecule has 40 heavy (non-hydrogen) atoms. The van der Waals surface area contributed by atoms with Gasteiger partial charge in [-0.3, -0.25) is 14.8 Å². The highest BCUT2D eigenvalue weighted by atomic mass is 19.4. The van der Waals surface area contributed by atoms with Gasteiger partial charge in [0.05, 0.1) is 40.6 Å². The van der Waals surface area contributed by atoms with Crippen LogP contribution in [0.1, 0.15) is 39.5 Å². The number of aliphatic hydroxyl groups is 1. The summed E-state index contributed by atoms with van der Waals surface area (Å²) in [7, 11) is 0. The number of rotatable bonds is 5. The van der Waals surface area contributed by atoms with Crippen LogP contribution in [0.4, 0.5) is 38.3 Å². The van der Waals surface area contributed by atoms with E-state index in [0.717, 1.165) is 4.68 Å². The van der Waals surface area contributed by atoms with E-state index in [2.05, 4.69) is 25.6 Å². The minimum absolute atomic E-state index is 0.0617. The van der Waals surface area contributed by atoms with Crippen molar-refractivity contribution in [3.63, 3.8) is 0 Å². The third-order valence-electron chi connectivity index (χ3n) is 8.25. The van der Waals surface area contributed by atoms with Gasteiger partial charge in [-0.1, -0.05) is 0 Å². The number of urea groups is 1. The molecular formula is C25H29F5N8O2. The molecule has 0 bridgehead atoms. The Balaban J connectivity index is 1.30. The molecule has 1 aliphatic carbocycles. The number of alkyl halides is 5. The molecule has 2 saturated heterocycles. The fraction of sp³-hybridized carbons (Fsp3) is 0.600. The molecule has 15 heteroatoms. The molecule has 1 saturated carbocycles. The number of anilines is 2. The van der Waals surface area contributed by atoms with Crippen LogP contribution < -0.4 is 10.2 Å². The molecule has 0 atom stereocenters. The van der Waals surface area contributed by atoms with Crippen molar-refractivity contribution in [3.05, 3.63) is 18.5 Å². The summed E-state index contributed by atoms with van der Waals surface area (Å²) < 4.78 is 69.4. The van der Waals surface area contributed by atoms with Crippen molar-refractivity contribution in [2.45, 2.75) is 69.3 Å². The highest BCUT2D eigenvalue weighted by Crippen LogP contribution is 2.51. The van der Waals surface area contributed by atoms with E-state index in [0.29, 0.717) is 37.1 Å². The molecule has 0 aromatic carbocycles. The number of nitrogens with one attached hydrogen (secondary N) is 2. The molecule has 216 valence electrons. The van der Waals surface area contributed by atoms with Crippen molar-refractivity contribution in [2.75, 3.05) is 29.9 Å². The van der Waals surface area contributed by atoms with Gasteiger partial charge in [0.15, 0.2) is 5.82 Å². The zero-order valence-corrected chi connectivity index (χ0v) is 21.9. The van der Waals surface area contributed by atoms with Crippen LogP contribution in [0.25, 0.3) is 22.3 Å². The van der Waals surface area contributed by atoms with Gasteiger partial charge in [0, 0.05) is 37.2 Å². The zero-order valence-electron chi connectivity index (χ0n) is 21.9. The largest absolute Gasteiger partial charge is 0.408 e. The molecule has 6 rings (SSSR count). The molecule has 0 unspecified atom stereocenters. The van der Waals surface area contributed by atoms with Crippen molar-refractivity contribution >= 4 is 28.4 Å². The van der Waals surface area contributed by atoms with Gasteiger partial charge in [-0.15, -0.1) is 0 Å². The molecule has 2 aliphatic heterocycles. The lowest BCUT2D eigenvalue weighted by molar-refractivity contribution is -0.141. The molecular weight excluding hydrogens is 539 g/mol. The Hall–Kier alpha value is -3.49. The number of hydrogen-bond donors (Lipinski definition) is 3. The molecule has 3 aromatic rings. The quantitative estimate of drug-likeness (QED) is 0.394. The molecule has 5 heterocycles. The first-order valence-electron chi connectivity index (χ1n) is 13.1. The summed E-state index contributed by atoms with van der Waals surface area (Å²) in [5.74, 6) is -2.71. The Labute approximate surface area is 225 Å². The predicted octanol–water partition coefficient (Wildman–Crippen LogP) is 4.39. The van der Waals surface area contributed by atoms with Crippen molar-refractivity contribution in [1.82, 2.24) is 29.9 Å². The zero-order chi connectivity index (χ0) is 28.7. The minimum Gasteiger partial charge on any atom is -0.390 e. The monoisotopic (exact) mass is 568 g/mol. The van der Waals surface area contributed by atoms with Crippen LogP contribution in [0, 0.1) is 5.92 Å². The van der Waals surface area contributed by atoms with E-state index >= 15 is 0 Å². The summed E-state index contributed by atoms with van der Waals surface area (Å²) in [5, 5.41) is 24.2. The minimum atomic E-state index is -4.54. The lowest BCUT2D eigenvalue weighted by atomic mass is 9.84. The lowest BCUT2D eigenvalue weighted by Gasteiger charge is -2.45. The number of halogens is 5. The standard InChI is InChI=1S/C25H29F5N8O2/c1-22(2,40)14-10-36(11-14)20-15-8-31-16(7-18(15)38(35-20)13-25(28,29)30)19-17(9-32-34-19)33-21(39)37-12-24(26,27)6-5-23(37)3-4-23/h7-9,14,40H,3-6,10-13H2,1-2H3,(H,32,34)(H,33,39). The van der Waals surface area contributed by atoms with Crippen molar-refractivity contribution in [2.24, 2.45) is 5.92 Å². The van der Waals surface area contributed by atoms with Gasteiger partial charge in [-0.2, -0.15) is 23.4 Å². The first kappa shape index (κ1) is 26.7. The number of hydrogen-bond acceptors (Lipinski definition) is 6. The maximum absolute atomic E-state index is 14.1. The van der Waals surface area contributed by atoms with Crippen molar-refractivity contribution in [3.8, 4) is 11.4 Å². The maximum Gasteiger partial charge on any atom is 0.408 e. The number of pyridine rings is 1. The number of likely N-dealkylation sites (tertiary alicyclic amines) is 1. The number of carbonyl (C=O) groups is 1. The Morgan fingerprint density at radius 2 is 1.88 bits per heavy atom. The van der Waals surface area contributed by atoms with Crippen LogP contribution >= 0.6 is 0 Å².